The molecule has 1 fully saturated rings. The lowest BCUT2D eigenvalue weighted by Gasteiger charge is -2.36. The van der Waals surface area contributed by atoms with Crippen molar-refractivity contribution in [1.29, 1.82) is 0 Å². The van der Waals surface area contributed by atoms with Gasteiger partial charge < -0.3 is 19.3 Å². The van der Waals surface area contributed by atoms with Crippen molar-refractivity contribution in [2.75, 3.05) is 33.4 Å². The first kappa shape index (κ1) is 20.6. The molecule has 1 aromatic carbocycles. The number of nitrogens with zero attached hydrogens (tertiary/aromatic N) is 3. The highest BCUT2D eigenvalue weighted by molar-refractivity contribution is 6.35. The molecular weight excluding hydrogens is 382 g/mol. The molecule has 10 nitrogen and oxygen atoms in total. The van der Waals surface area contributed by atoms with Crippen molar-refractivity contribution < 1.29 is 28.8 Å². The molecule has 0 aromatic heterocycles. The Bertz CT molecular complexity index is 848. The van der Waals surface area contributed by atoms with E-state index in [-0.39, 0.29) is 30.2 Å². The van der Waals surface area contributed by atoms with E-state index in [2.05, 4.69) is 0 Å². The number of amides is 2. The molecule has 0 spiro atoms. The monoisotopic (exact) mass is 405 g/mol. The van der Waals surface area contributed by atoms with Crippen molar-refractivity contribution in [2.24, 2.45) is 0 Å². The van der Waals surface area contributed by atoms with Crippen LogP contribution in [0.2, 0.25) is 0 Å². The highest BCUT2D eigenvalue weighted by atomic mass is 16.6. The van der Waals surface area contributed by atoms with Gasteiger partial charge >= 0.3 is 23.5 Å². The van der Waals surface area contributed by atoms with Crippen molar-refractivity contribution in [2.45, 2.75) is 32.2 Å². The quantitative estimate of drug-likeness (QED) is 0.320. The summed E-state index contributed by atoms with van der Waals surface area (Å²) in [4.78, 5) is 51.7. The van der Waals surface area contributed by atoms with E-state index < -0.39 is 28.7 Å². The number of carbonyl (C=O) groups is 3. The molecule has 2 aliphatic heterocycles. The summed E-state index contributed by atoms with van der Waals surface area (Å²) in [5, 5.41) is 11.4. The number of fused-ring (bicyclic) bond motifs is 1. The number of likely N-dealkylation sites (tertiary alicyclic amines) is 1. The first-order chi connectivity index (χ1) is 13.9. The average Bonchev–Trinajstić information content (AvgIpc) is 3.25. The van der Waals surface area contributed by atoms with Crippen LogP contribution in [-0.4, -0.2) is 65.9 Å². The van der Waals surface area contributed by atoms with Gasteiger partial charge in [0.05, 0.1) is 18.6 Å². The predicted molar refractivity (Wildman–Crippen MR) is 100 cm³/mol. The molecule has 0 radical (unpaired) electrons. The third-order valence-corrected chi connectivity index (χ3v) is 5.21. The number of nitro benzene ring substituents is 1. The lowest BCUT2D eigenvalue weighted by Crippen LogP contribution is -2.50. The normalized spacial score (nSPS) is 18.2. The Labute approximate surface area is 167 Å². The van der Waals surface area contributed by atoms with Gasteiger partial charge in [-0.25, -0.2) is 4.79 Å². The van der Waals surface area contributed by atoms with Crippen molar-refractivity contribution in [1.82, 2.24) is 9.80 Å². The van der Waals surface area contributed by atoms with Crippen LogP contribution in [0, 0.1) is 10.1 Å². The third-order valence-electron chi connectivity index (χ3n) is 5.21. The predicted octanol–water partition coefficient (Wildman–Crippen LogP) is 1.21. The van der Waals surface area contributed by atoms with Crippen molar-refractivity contribution in [3.05, 3.63) is 33.4 Å². The Balaban J connectivity index is 2.02. The molecule has 29 heavy (non-hydrogen) atoms. The molecular formula is C19H23N3O7. The second kappa shape index (κ2) is 8.46. The summed E-state index contributed by atoms with van der Waals surface area (Å²) in [6, 6.07) is 1.52. The summed E-state index contributed by atoms with van der Waals surface area (Å²) >= 11 is 0. The second-order valence-electron chi connectivity index (χ2n) is 6.88. The van der Waals surface area contributed by atoms with Crippen LogP contribution in [0.1, 0.15) is 36.9 Å². The molecule has 1 saturated heterocycles. The largest absolute Gasteiger partial charge is 0.490 e. The molecule has 10 heteroatoms. The zero-order valence-corrected chi connectivity index (χ0v) is 16.4. The van der Waals surface area contributed by atoms with E-state index in [0.29, 0.717) is 25.1 Å². The topological polar surface area (TPSA) is 119 Å². The standard InChI is InChI=1S/C19H23N3O7/c1-3-29-19(25)16-13-11-14(22(26)27)15(28-2)10-12(13)6-9-21(16)18(24)17(23)20-7-4-5-8-20/h10-11,16H,3-9H2,1-2H3. The number of methoxy groups -OCH3 is 1. The summed E-state index contributed by atoms with van der Waals surface area (Å²) in [5.74, 6) is -2.11. The number of hydrogen-bond acceptors (Lipinski definition) is 7. The van der Waals surface area contributed by atoms with E-state index in [1.165, 1.54) is 24.1 Å². The van der Waals surface area contributed by atoms with Crippen LogP contribution in [-0.2, 0) is 25.5 Å². The zero-order valence-electron chi connectivity index (χ0n) is 16.4. The van der Waals surface area contributed by atoms with Crippen LogP contribution in [0.4, 0.5) is 5.69 Å². The summed E-state index contributed by atoms with van der Waals surface area (Å²) in [6.07, 6.45) is 1.99. The number of ether oxygens (including phenoxy) is 2. The Morgan fingerprint density at radius 1 is 1.17 bits per heavy atom. The SMILES string of the molecule is CCOC(=O)C1c2cc([N+](=O)[O-])c(OC)cc2CCN1C(=O)C(=O)N1CCCC1. The summed E-state index contributed by atoms with van der Waals surface area (Å²) < 4.78 is 10.2. The number of hydrogen-bond donors (Lipinski definition) is 0. The van der Waals surface area contributed by atoms with E-state index in [1.54, 1.807) is 6.92 Å². The maximum atomic E-state index is 12.9. The van der Waals surface area contributed by atoms with Crippen LogP contribution < -0.4 is 4.74 Å². The van der Waals surface area contributed by atoms with E-state index in [0.717, 1.165) is 17.7 Å². The Morgan fingerprint density at radius 2 is 1.86 bits per heavy atom. The fourth-order valence-electron chi connectivity index (χ4n) is 3.81. The molecule has 2 aliphatic rings. The molecule has 0 N–H and O–H groups in total. The van der Waals surface area contributed by atoms with Crippen molar-refractivity contribution in [3.8, 4) is 5.75 Å². The average molecular weight is 405 g/mol. The van der Waals surface area contributed by atoms with E-state index in [4.69, 9.17) is 9.47 Å². The van der Waals surface area contributed by atoms with Gasteiger partial charge in [0.15, 0.2) is 11.8 Å². The first-order valence-electron chi connectivity index (χ1n) is 9.50. The molecule has 2 amide bonds. The van der Waals surface area contributed by atoms with Crippen LogP contribution in [0.3, 0.4) is 0 Å². The highest BCUT2D eigenvalue weighted by Gasteiger charge is 2.42. The van der Waals surface area contributed by atoms with Crippen LogP contribution >= 0.6 is 0 Å². The summed E-state index contributed by atoms with van der Waals surface area (Å²) in [6.45, 7) is 2.82. The Hall–Kier alpha value is -3.17. The zero-order chi connectivity index (χ0) is 21.1. The minimum atomic E-state index is -1.22. The number of nitro groups is 1. The van der Waals surface area contributed by atoms with Crippen LogP contribution in [0.25, 0.3) is 0 Å². The highest BCUT2D eigenvalue weighted by Crippen LogP contribution is 2.38. The van der Waals surface area contributed by atoms with Gasteiger partial charge in [-0.05, 0) is 43.4 Å². The Morgan fingerprint density at radius 3 is 2.45 bits per heavy atom. The Kier molecular flexibility index (Phi) is 6.00. The molecule has 156 valence electrons. The molecule has 3 rings (SSSR count). The molecule has 1 unspecified atom stereocenters. The maximum absolute atomic E-state index is 12.9. The lowest BCUT2D eigenvalue weighted by molar-refractivity contribution is -0.385. The van der Waals surface area contributed by atoms with Gasteiger partial charge in [-0.3, -0.25) is 19.7 Å². The fraction of sp³-hybridized carbons (Fsp3) is 0.526. The van der Waals surface area contributed by atoms with Gasteiger partial charge in [0.25, 0.3) is 0 Å². The molecule has 1 aromatic rings. The maximum Gasteiger partial charge on any atom is 0.333 e. The lowest BCUT2D eigenvalue weighted by atomic mass is 9.91. The van der Waals surface area contributed by atoms with E-state index >= 15 is 0 Å². The molecule has 2 heterocycles. The van der Waals surface area contributed by atoms with Gasteiger partial charge in [-0.2, -0.15) is 0 Å². The third kappa shape index (κ3) is 3.87. The van der Waals surface area contributed by atoms with Crippen molar-refractivity contribution in [3.63, 3.8) is 0 Å². The van der Waals surface area contributed by atoms with Gasteiger partial charge in [0, 0.05) is 25.7 Å². The molecule has 0 saturated carbocycles. The van der Waals surface area contributed by atoms with Gasteiger partial charge in [0.1, 0.15) is 0 Å². The van der Waals surface area contributed by atoms with Gasteiger partial charge in [0.2, 0.25) is 0 Å². The first-order valence-corrected chi connectivity index (χ1v) is 9.50. The summed E-state index contributed by atoms with van der Waals surface area (Å²) in [7, 11) is 1.32. The van der Waals surface area contributed by atoms with E-state index in [9.17, 15) is 24.5 Å². The summed E-state index contributed by atoms with van der Waals surface area (Å²) in [5.41, 5.74) is 0.605. The smallest absolute Gasteiger partial charge is 0.333 e. The van der Waals surface area contributed by atoms with Crippen LogP contribution in [0.15, 0.2) is 12.1 Å². The van der Waals surface area contributed by atoms with Crippen LogP contribution in [0.5, 0.6) is 5.75 Å². The number of esters is 1. The second-order valence-corrected chi connectivity index (χ2v) is 6.88. The minimum Gasteiger partial charge on any atom is -0.490 e. The molecule has 1 atom stereocenters. The van der Waals surface area contributed by atoms with Gasteiger partial charge in [-0.15, -0.1) is 0 Å². The minimum absolute atomic E-state index is 0.0734. The van der Waals surface area contributed by atoms with E-state index in [1.807, 2.05) is 0 Å². The fourth-order valence-corrected chi connectivity index (χ4v) is 3.81. The van der Waals surface area contributed by atoms with Gasteiger partial charge in [-0.1, -0.05) is 0 Å². The number of benzene rings is 1. The molecule has 0 bridgehead atoms. The number of rotatable bonds is 4. The van der Waals surface area contributed by atoms with Crippen molar-refractivity contribution >= 4 is 23.5 Å². The molecule has 0 aliphatic carbocycles. The number of carbonyl (C=O) groups excluding carboxylic acids is 3.